The Balaban J connectivity index is 2.18. The molecule has 3 aromatic rings. The number of carbonyl (C=O) groups excluding carboxylic acids is 1. The first-order chi connectivity index (χ1) is 11.1. The van der Waals surface area contributed by atoms with Crippen molar-refractivity contribution in [1.82, 2.24) is 9.97 Å². The molecule has 23 heavy (non-hydrogen) atoms. The van der Waals surface area contributed by atoms with E-state index in [-0.39, 0.29) is 6.61 Å². The smallest absolute Gasteiger partial charge is 0.157 e. The van der Waals surface area contributed by atoms with Crippen molar-refractivity contribution < 1.29 is 9.53 Å². The van der Waals surface area contributed by atoms with Crippen LogP contribution in [0.25, 0.3) is 22.2 Å². The second-order valence-corrected chi connectivity index (χ2v) is 5.94. The van der Waals surface area contributed by atoms with Gasteiger partial charge in [-0.2, -0.15) is 0 Å². The summed E-state index contributed by atoms with van der Waals surface area (Å²) in [6, 6.07) is 9.99. The topological polar surface area (TPSA) is 55.0 Å². The number of rotatable bonds is 5. The van der Waals surface area contributed by atoms with E-state index < -0.39 is 0 Å². The fourth-order valence-corrected chi connectivity index (χ4v) is 2.94. The summed E-state index contributed by atoms with van der Waals surface area (Å²) in [5.41, 5.74) is 5.56. The third kappa shape index (κ3) is 2.97. The number of nitrogens with zero attached hydrogens (tertiary/aromatic N) is 1. The van der Waals surface area contributed by atoms with Crippen LogP contribution in [0.1, 0.15) is 31.0 Å². The number of benzene rings is 1. The number of aldehydes is 1. The first-order valence-electron chi connectivity index (χ1n) is 7.75. The highest BCUT2D eigenvalue weighted by molar-refractivity contribution is 5.92. The van der Waals surface area contributed by atoms with Crippen LogP contribution in [0.3, 0.4) is 0 Å². The van der Waals surface area contributed by atoms with Crippen molar-refractivity contribution in [2.75, 3.05) is 6.61 Å². The lowest BCUT2D eigenvalue weighted by molar-refractivity contribution is -0.109. The molecule has 0 unspecified atom stereocenters. The molecule has 0 bridgehead atoms. The first-order valence-corrected chi connectivity index (χ1v) is 7.75. The fraction of sp³-hybridized carbons (Fsp3) is 0.263. The molecule has 0 saturated heterocycles. The number of aromatic nitrogens is 2. The molecule has 3 rings (SSSR count). The maximum atomic E-state index is 10.5. The highest BCUT2D eigenvalue weighted by Crippen LogP contribution is 2.37. The van der Waals surface area contributed by atoms with Gasteiger partial charge in [-0.05, 0) is 48.7 Å². The first kappa shape index (κ1) is 15.3. The zero-order valence-corrected chi connectivity index (χ0v) is 13.6. The molecular formula is C19H20N2O2. The highest BCUT2D eigenvalue weighted by Gasteiger charge is 2.16. The number of hydrogen-bond acceptors (Lipinski definition) is 3. The van der Waals surface area contributed by atoms with Crippen molar-refractivity contribution in [2.24, 2.45) is 0 Å². The molecule has 0 aliphatic rings. The van der Waals surface area contributed by atoms with Crippen molar-refractivity contribution in [1.29, 1.82) is 0 Å². The molecule has 0 amide bonds. The molecule has 0 aliphatic heterocycles. The molecule has 0 radical (unpaired) electrons. The molecule has 0 atom stereocenters. The lowest BCUT2D eigenvalue weighted by Gasteiger charge is -2.09. The summed E-state index contributed by atoms with van der Waals surface area (Å²) in [7, 11) is 0. The Morgan fingerprint density at radius 3 is 2.78 bits per heavy atom. The molecule has 2 aromatic heterocycles. The molecule has 1 aromatic carbocycles. The second-order valence-electron chi connectivity index (χ2n) is 5.94. The molecule has 0 saturated carbocycles. The van der Waals surface area contributed by atoms with Gasteiger partial charge in [-0.25, -0.2) is 0 Å². The molecule has 1 N–H and O–H groups in total. The van der Waals surface area contributed by atoms with Gasteiger partial charge in [-0.15, -0.1) is 0 Å². The predicted octanol–water partition coefficient (Wildman–Crippen LogP) is 4.24. The molecular weight excluding hydrogens is 288 g/mol. The van der Waals surface area contributed by atoms with Crippen LogP contribution in [0.5, 0.6) is 5.75 Å². The summed E-state index contributed by atoms with van der Waals surface area (Å²) in [4.78, 5) is 18.3. The van der Waals surface area contributed by atoms with Crippen LogP contribution in [0.15, 0.2) is 36.5 Å². The van der Waals surface area contributed by atoms with Crippen LogP contribution in [-0.2, 0) is 4.79 Å². The molecule has 4 nitrogen and oxygen atoms in total. The van der Waals surface area contributed by atoms with E-state index in [1.54, 1.807) is 0 Å². The van der Waals surface area contributed by atoms with E-state index in [0.29, 0.717) is 11.7 Å². The van der Waals surface area contributed by atoms with Crippen molar-refractivity contribution in [3.63, 3.8) is 0 Å². The number of aromatic amines is 1. The zero-order valence-electron chi connectivity index (χ0n) is 13.6. The average Bonchev–Trinajstić information content (AvgIpc) is 2.91. The van der Waals surface area contributed by atoms with Gasteiger partial charge in [0.25, 0.3) is 0 Å². The number of aryl methyl sites for hydroxylation is 1. The van der Waals surface area contributed by atoms with Crippen LogP contribution in [0, 0.1) is 6.92 Å². The fourth-order valence-electron chi connectivity index (χ4n) is 2.94. The van der Waals surface area contributed by atoms with Crippen LogP contribution >= 0.6 is 0 Å². The summed E-state index contributed by atoms with van der Waals surface area (Å²) in [5, 5.41) is 1.13. The van der Waals surface area contributed by atoms with Gasteiger partial charge in [-0.1, -0.05) is 13.8 Å². The minimum Gasteiger partial charge on any atom is -0.486 e. The van der Waals surface area contributed by atoms with Crippen LogP contribution in [-0.4, -0.2) is 22.9 Å². The summed E-state index contributed by atoms with van der Waals surface area (Å²) >= 11 is 0. The predicted molar refractivity (Wildman–Crippen MR) is 91.9 cm³/mol. The van der Waals surface area contributed by atoms with E-state index in [1.165, 1.54) is 5.56 Å². The van der Waals surface area contributed by atoms with Gasteiger partial charge in [0.05, 0.1) is 5.69 Å². The molecule has 0 aliphatic carbocycles. The summed E-state index contributed by atoms with van der Waals surface area (Å²) < 4.78 is 5.44. The van der Waals surface area contributed by atoms with E-state index in [4.69, 9.17) is 4.74 Å². The number of fused-ring (bicyclic) bond motifs is 1. The van der Waals surface area contributed by atoms with E-state index in [2.05, 4.69) is 29.9 Å². The number of H-pyrrole nitrogens is 1. The largest absolute Gasteiger partial charge is 0.486 e. The average molecular weight is 308 g/mol. The standard InChI is InChI=1S/C19H20N2O2/c1-12(2)18-16-11-15(23-9-8-22)4-5-17(16)21-19(18)14-6-7-20-13(3)10-14/h4-8,10-12,21H,9H2,1-3H3. The minimum atomic E-state index is 0.0728. The second kappa shape index (κ2) is 6.24. The van der Waals surface area contributed by atoms with Gasteiger partial charge in [0.15, 0.2) is 6.29 Å². The normalized spacial score (nSPS) is 11.1. The molecule has 2 heterocycles. The monoisotopic (exact) mass is 308 g/mol. The zero-order chi connectivity index (χ0) is 16.4. The summed E-state index contributed by atoms with van der Waals surface area (Å²) in [5.74, 6) is 1.07. The van der Waals surface area contributed by atoms with Crippen LogP contribution in [0.2, 0.25) is 0 Å². The Morgan fingerprint density at radius 2 is 2.09 bits per heavy atom. The van der Waals surface area contributed by atoms with Crippen LogP contribution < -0.4 is 4.74 Å². The van der Waals surface area contributed by atoms with Crippen molar-refractivity contribution in [3.8, 4) is 17.0 Å². The van der Waals surface area contributed by atoms with Crippen molar-refractivity contribution in [2.45, 2.75) is 26.7 Å². The van der Waals surface area contributed by atoms with E-state index in [1.807, 2.05) is 37.4 Å². The minimum absolute atomic E-state index is 0.0728. The Morgan fingerprint density at radius 1 is 1.26 bits per heavy atom. The third-order valence-corrected chi connectivity index (χ3v) is 3.89. The van der Waals surface area contributed by atoms with E-state index in [0.717, 1.165) is 34.1 Å². The molecule has 4 heteroatoms. The lowest BCUT2D eigenvalue weighted by atomic mass is 9.96. The van der Waals surface area contributed by atoms with Crippen molar-refractivity contribution in [3.05, 3.63) is 47.8 Å². The number of nitrogens with one attached hydrogen (secondary N) is 1. The van der Waals surface area contributed by atoms with Gasteiger partial charge in [-0.3, -0.25) is 9.78 Å². The maximum Gasteiger partial charge on any atom is 0.157 e. The van der Waals surface area contributed by atoms with Gasteiger partial charge < -0.3 is 9.72 Å². The summed E-state index contributed by atoms with van der Waals surface area (Å²) in [6.07, 6.45) is 2.59. The van der Waals surface area contributed by atoms with Gasteiger partial charge in [0.2, 0.25) is 0 Å². The lowest BCUT2D eigenvalue weighted by Crippen LogP contribution is -1.97. The van der Waals surface area contributed by atoms with Gasteiger partial charge in [0, 0.05) is 28.4 Å². The number of pyridine rings is 1. The highest BCUT2D eigenvalue weighted by atomic mass is 16.5. The van der Waals surface area contributed by atoms with Gasteiger partial charge >= 0.3 is 0 Å². The van der Waals surface area contributed by atoms with E-state index in [9.17, 15) is 4.79 Å². The van der Waals surface area contributed by atoms with Crippen LogP contribution in [0.4, 0.5) is 0 Å². The number of ether oxygens (including phenoxy) is 1. The number of hydrogen-bond donors (Lipinski definition) is 1. The quantitative estimate of drug-likeness (QED) is 0.717. The maximum absolute atomic E-state index is 10.5. The Labute approximate surface area is 135 Å². The Bertz CT molecular complexity index is 850. The van der Waals surface area contributed by atoms with E-state index >= 15 is 0 Å². The molecule has 118 valence electrons. The molecule has 0 fully saturated rings. The summed E-state index contributed by atoms with van der Waals surface area (Å²) in [6.45, 7) is 6.42. The third-order valence-electron chi connectivity index (χ3n) is 3.89. The van der Waals surface area contributed by atoms with Gasteiger partial charge in [0.1, 0.15) is 12.4 Å². The SMILES string of the molecule is Cc1cc(-c2[nH]c3ccc(OCC=O)cc3c2C(C)C)ccn1. The van der Waals surface area contributed by atoms with Crippen molar-refractivity contribution >= 4 is 17.2 Å². The molecule has 0 spiro atoms. The Kier molecular flexibility index (Phi) is 4.15. The number of carbonyl (C=O) groups is 1. The Hall–Kier alpha value is -2.62.